The first kappa shape index (κ1) is 52.4. The van der Waals surface area contributed by atoms with Crippen molar-refractivity contribution in [2.75, 3.05) is 19.8 Å². The fourth-order valence-electron chi connectivity index (χ4n) is 4.63. The van der Waals surface area contributed by atoms with Crippen LogP contribution in [-0.2, 0) is 37.5 Å². The molecule has 0 aliphatic rings. The van der Waals surface area contributed by atoms with Gasteiger partial charge in [0.1, 0.15) is 12.6 Å². The van der Waals surface area contributed by atoms with Gasteiger partial charge in [-0.15, -0.1) is 0 Å². The van der Waals surface area contributed by atoms with E-state index < -0.39 is 57.7 Å². The van der Waals surface area contributed by atoms with E-state index in [2.05, 4.69) is 103 Å². The molecule has 1 unspecified atom stereocenters. The monoisotopic (exact) mass is 803 g/mol. The van der Waals surface area contributed by atoms with Crippen molar-refractivity contribution in [2.24, 2.45) is 5.73 Å². The molecular weight excluding hydrogens is 733 g/mol. The van der Waals surface area contributed by atoms with Crippen LogP contribution >= 0.6 is 7.82 Å². The Labute approximate surface area is 336 Å². The molecule has 4 N–H and O–H groups in total. The van der Waals surface area contributed by atoms with Gasteiger partial charge in [-0.1, -0.05) is 124 Å². The number of carboxylic acid groups (broad SMARTS) is 1. The predicted molar refractivity (Wildman–Crippen MR) is 226 cm³/mol. The number of carboxylic acids is 1. The number of nitrogens with two attached hydrogens (primary N) is 1. The number of carbonyl (C=O) groups excluding carboxylic acids is 2. The molecule has 0 saturated heterocycles. The molecule has 0 bridgehead atoms. The maximum Gasteiger partial charge on any atom is 0.472 e. The largest absolute Gasteiger partial charge is 0.480 e. The number of phosphoric ester groups is 1. The van der Waals surface area contributed by atoms with Crippen LogP contribution in [0.4, 0.5) is 0 Å². The molecule has 0 rings (SSSR count). The van der Waals surface area contributed by atoms with E-state index in [1.54, 1.807) is 0 Å². The van der Waals surface area contributed by atoms with Gasteiger partial charge in [0, 0.05) is 12.8 Å². The predicted octanol–water partition coefficient (Wildman–Crippen LogP) is 10.5. The first-order valence-electron chi connectivity index (χ1n) is 20.3. The van der Waals surface area contributed by atoms with E-state index >= 15 is 0 Å². The summed E-state index contributed by atoms with van der Waals surface area (Å²) in [5.74, 6) is -2.52. The lowest BCUT2D eigenvalue weighted by Gasteiger charge is -2.20. The second-order valence-electron chi connectivity index (χ2n) is 13.0. The van der Waals surface area contributed by atoms with E-state index in [4.69, 9.17) is 24.8 Å². The Morgan fingerprint density at radius 3 is 1.48 bits per heavy atom. The lowest BCUT2D eigenvalue weighted by Crippen LogP contribution is -2.34. The number of carbonyl (C=O) groups is 3. The molecule has 0 spiro atoms. The summed E-state index contributed by atoms with van der Waals surface area (Å²) in [7, 11) is -4.74. The third-order valence-electron chi connectivity index (χ3n) is 7.82. The zero-order valence-electron chi connectivity index (χ0n) is 33.9. The molecular formula is C44H70NO10P. The van der Waals surface area contributed by atoms with E-state index in [1.807, 2.05) is 12.2 Å². The van der Waals surface area contributed by atoms with Crippen molar-refractivity contribution in [3.63, 3.8) is 0 Å². The normalized spacial score (nSPS) is 14.8. The number of hydrogen-bond donors (Lipinski definition) is 3. The molecule has 0 aromatic carbocycles. The number of unbranched alkanes of at least 4 members (excludes halogenated alkanes) is 6. The van der Waals surface area contributed by atoms with Crippen LogP contribution in [0.2, 0.25) is 0 Å². The topological polar surface area (TPSA) is 172 Å². The van der Waals surface area contributed by atoms with Crippen molar-refractivity contribution < 1.29 is 47.5 Å². The number of allylic oxidation sites excluding steroid dienone is 16. The third kappa shape index (κ3) is 37.3. The van der Waals surface area contributed by atoms with Gasteiger partial charge in [-0.05, 0) is 89.9 Å². The summed E-state index contributed by atoms with van der Waals surface area (Å²) in [6.07, 6.45) is 47.7. The number of aliphatic carboxylic acids is 1. The van der Waals surface area contributed by atoms with E-state index in [1.165, 1.54) is 19.3 Å². The summed E-state index contributed by atoms with van der Waals surface area (Å²) in [4.78, 5) is 45.8. The van der Waals surface area contributed by atoms with Gasteiger partial charge in [-0.25, -0.2) is 4.57 Å². The standard InChI is InChI=1S/C44H70NO10P/c1-3-5-7-9-11-13-15-17-19-20-22-24-26-28-30-32-34-36-43(47)55-40(38-53-56(50,51)54-39-41(45)44(48)49)37-52-42(46)35-33-31-29-27-25-23-21-18-16-14-12-10-8-6-4-2/h6,8,11-14,17-19,21-22,24-25,27-28,30,40-41H,3-5,7,9-10,15-16,20,23,26,29,31-39,45H2,1-2H3,(H,48,49)(H,50,51)/b8-6-,13-11-,14-12-,19-17-,21-18-,24-22-,27-25-,30-28-/t40-,41+/m1/s1. The SMILES string of the molecule is CC/C=C\C/C=C\C/C=C\C/C=C\CCCCC(=O)OC[C@H](COP(=O)(O)OC[C@H](N)C(=O)O)OC(=O)CCC/C=C\C/C=C\C/C=C\C/C=C\CCCCC. The van der Waals surface area contributed by atoms with Crippen molar-refractivity contribution >= 4 is 25.7 Å². The lowest BCUT2D eigenvalue weighted by molar-refractivity contribution is -0.161. The van der Waals surface area contributed by atoms with Crippen LogP contribution in [0.3, 0.4) is 0 Å². The average Bonchev–Trinajstić information content (AvgIpc) is 3.17. The van der Waals surface area contributed by atoms with Crippen molar-refractivity contribution in [1.82, 2.24) is 0 Å². The van der Waals surface area contributed by atoms with Crippen LogP contribution in [-0.4, -0.2) is 59.9 Å². The molecule has 0 aromatic heterocycles. The molecule has 0 aliphatic carbocycles. The summed E-state index contributed by atoms with van der Waals surface area (Å²) in [6.45, 7) is 2.53. The van der Waals surface area contributed by atoms with Crippen LogP contribution in [0.5, 0.6) is 0 Å². The Balaban J connectivity index is 4.60. The molecule has 0 amide bonds. The number of rotatable bonds is 36. The highest BCUT2D eigenvalue weighted by Gasteiger charge is 2.28. The fraction of sp³-hybridized carbons (Fsp3) is 0.568. The van der Waals surface area contributed by atoms with Gasteiger partial charge in [0.2, 0.25) is 0 Å². The fourth-order valence-corrected chi connectivity index (χ4v) is 5.41. The summed E-state index contributed by atoms with van der Waals surface area (Å²) in [5.41, 5.74) is 5.32. The van der Waals surface area contributed by atoms with Crippen molar-refractivity contribution in [3.8, 4) is 0 Å². The molecule has 3 atom stereocenters. The number of phosphoric acid groups is 1. The Bertz CT molecular complexity index is 1310. The maximum absolute atomic E-state index is 12.6. The van der Waals surface area contributed by atoms with Gasteiger partial charge >= 0.3 is 25.7 Å². The van der Waals surface area contributed by atoms with Gasteiger partial charge in [0.25, 0.3) is 0 Å². The minimum absolute atomic E-state index is 0.0700. The first-order valence-corrected chi connectivity index (χ1v) is 21.8. The Kier molecular flexibility index (Phi) is 35.8. The van der Waals surface area contributed by atoms with Crippen LogP contribution < -0.4 is 5.73 Å². The van der Waals surface area contributed by atoms with Crippen LogP contribution in [0.25, 0.3) is 0 Å². The van der Waals surface area contributed by atoms with Crippen LogP contribution in [0.1, 0.15) is 129 Å². The number of ether oxygens (including phenoxy) is 2. The zero-order valence-corrected chi connectivity index (χ0v) is 34.8. The Hall–Kier alpha value is -3.60. The van der Waals surface area contributed by atoms with E-state index in [-0.39, 0.29) is 12.8 Å². The van der Waals surface area contributed by atoms with Crippen LogP contribution in [0, 0.1) is 0 Å². The van der Waals surface area contributed by atoms with Crippen LogP contribution in [0.15, 0.2) is 97.2 Å². The van der Waals surface area contributed by atoms with E-state index in [0.717, 1.165) is 64.2 Å². The molecule has 0 aromatic rings. The maximum atomic E-state index is 12.6. The van der Waals surface area contributed by atoms with Crippen molar-refractivity contribution in [2.45, 2.75) is 142 Å². The second kappa shape index (κ2) is 38.3. The number of esters is 2. The van der Waals surface area contributed by atoms with E-state index in [9.17, 15) is 23.8 Å². The molecule has 0 fully saturated rings. The first-order chi connectivity index (χ1) is 27.1. The molecule has 0 heterocycles. The summed E-state index contributed by atoms with van der Waals surface area (Å²) < 4.78 is 32.5. The molecule has 0 aliphatic heterocycles. The minimum atomic E-state index is -4.74. The van der Waals surface area contributed by atoms with Gasteiger partial charge in [0.05, 0.1) is 13.2 Å². The molecule has 0 saturated carbocycles. The highest BCUT2D eigenvalue weighted by molar-refractivity contribution is 7.47. The highest BCUT2D eigenvalue weighted by Crippen LogP contribution is 2.43. The molecule has 11 nitrogen and oxygen atoms in total. The number of hydrogen-bond acceptors (Lipinski definition) is 9. The Morgan fingerprint density at radius 2 is 1.00 bits per heavy atom. The van der Waals surface area contributed by atoms with Gasteiger partial charge < -0.3 is 25.2 Å². The van der Waals surface area contributed by atoms with Crippen molar-refractivity contribution in [1.29, 1.82) is 0 Å². The van der Waals surface area contributed by atoms with E-state index in [0.29, 0.717) is 19.3 Å². The van der Waals surface area contributed by atoms with Gasteiger partial charge in [-0.2, -0.15) is 0 Å². The summed E-state index contributed by atoms with van der Waals surface area (Å²) in [5, 5.41) is 8.87. The third-order valence-corrected chi connectivity index (χ3v) is 8.77. The molecule has 56 heavy (non-hydrogen) atoms. The quantitative estimate of drug-likeness (QED) is 0.0238. The van der Waals surface area contributed by atoms with Gasteiger partial charge in [-0.3, -0.25) is 23.4 Å². The Morgan fingerprint density at radius 1 is 0.571 bits per heavy atom. The minimum Gasteiger partial charge on any atom is -0.480 e. The molecule has 12 heteroatoms. The average molecular weight is 804 g/mol. The zero-order chi connectivity index (χ0) is 41.4. The lowest BCUT2D eigenvalue weighted by atomic mass is 10.2. The van der Waals surface area contributed by atoms with Gasteiger partial charge in [0.15, 0.2) is 6.10 Å². The smallest absolute Gasteiger partial charge is 0.472 e. The summed E-state index contributed by atoms with van der Waals surface area (Å²) in [6, 6.07) is -1.54. The van der Waals surface area contributed by atoms with Crippen molar-refractivity contribution in [3.05, 3.63) is 97.2 Å². The highest BCUT2D eigenvalue weighted by atomic mass is 31.2. The summed E-state index contributed by atoms with van der Waals surface area (Å²) >= 11 is 0. The molecule has 316 valence electrons. The molecule has 0 radical (unpaired) electrons. The second-order valence-corrected chi connectivity index (χ2v) is 14.5.